The molecule has 12 heteroatoms. The van der Waals surface area contributed by atoms with Gasteiger partial charge in [-0.15, -0.1) is 13.2 Å². The Kier molecular flexibility index (Phi) is 7.28. The van der Waals surface area contributed by atoms with Gasteiger partial charge in [-0.25, -0.2) is 4.98 Å². The lowest BCUT2D eigenvalue weighted by Crippen LogP contribution is -2.38. The van der Waals surface area contributed by atoms with E-state index in [4.69, 9.17) is 9.47 Å². The van der Waals surface area contributed by atoms with Gasteiger partial charge in [0.25, 0.3) is 6.01 Å². The summed E-state index contributed by atoms with van der Waals surface area (Å²) in [5, 5.41) is 11.8. The van der Waals surface area contributed by atoms with E-state index >= 15 is 0 Å². The van der Waals surface area contributed by atoms with E-state index in [1.54, 1.807) is 6.20 Å². The van der Waals surface area contributed by atoms with Crippen LogP contribution in [0.2, 0.25) is 0 Å². The Labute approximate surface area is 223 Å². The topological polar surface area (TPSA) is 91.9 Å². The number of piperidine rings is 1. The normalized spacial score (nSPS) is 20.3. The minimum absolute atomic E-state index is 0.132. The van der Waals surface area contributed by atoms with Crippen molar-refractivity contribution in [3.05, 3.63) is 76.6 Å². The highest BCUT2D eigenvalue weighted by Gasteiger charge is 2.37. The number of hydrogen-bond donors (Lipinski definition) is 0. The quantitative estimate of drug-likeness (QED) is 0.254. The Morgan fingerprint density at radius 2 is 1.79 bits per heavy atom. The van der Waals surface area contributed by atoms with Gasteiger partial charge in [-0.05, 0) is 74.2 Å². The van der Waals surface area contributed by atoms with E-state index in [9.17, 15) is 23.3 Å². The van der Waals surface area contributed by atoms with Gasteiger partial charge in [0.05, 0.1) is 6.54 Å². The molecule has 0 amide bonds. The predicted molar refractivity (Wildman–Crippen MR) is 136 cm³/mol. The summed E-state index contributed by atoms with van der Waals surface area (Å²) < 4.78 is 54.9. The van der Waals surface area contributed by atoms with Crippen LogP contribution in [0.1, 0.15) is 37.8 Å². The third-order valence-corrected chi connectivity index (χ3v) is 7.19. The third kappa shape index (κ3) is 6.55. The molecule has 1 aromatic heterocycles. The van der Waals surface area contributed by atoms with Crippen molar-refractivity contribution in [1.29, 1.82) is 0 Å². The number of aromatic nitrogens is 2. The summed E-state index contributed by atoms with van der Waals surface area (Å²) in [5.74, 6) is 0.475. The molecule has 9 nitrogen and oxygen atoms in total. The predicted octanol–water partition coefficient (Wildman–Crippen LogP) is 5.64. The zero-order valence-electron chi connectivity index (χ0n) is 21.3. The van der Waals surface area contributed by atoms with Gasteiger partial charge in [0.1, 0.15) is 18.1 Å². The second-order valence-electron chi connectivity index (χ2n) is 10.3. The van der Waals surface area contributed by atoms with Crippen LogP contribution in [0.25, 0.3) is 0 Å². The van der Waals surface area contributed by atoms with Crippen molar-refractivity contribution in [3.8, 4) is 17.5 Å². The molecule has 2 unspecified atom stereocenters. The maximum Gasteiger partial charge on any atom is 0.573 e. The van der Waals surface area contributed by atoms with Crippen LogP contribution < -0.4 is 19.1 Å². The van der Waals surface area contributed by atoms with Crippen LogP contribution in [-0.4, -0.2) is 46.1 Å². The fraction of sp³-hybridized carbons (Fsp3) is 0.444. The summed E-state index contributed by atoms with van der Waals surface area (Å²) in [6.07, 6.45) is 0.666. The highest BCUT2D eigenvalue weighted by atomic mass is 19.4. The van der Waals surface area contributed by atoms with Crippen molar-refractivity contribution in [2.75, 3.05) is 24.6 Å². The summed E-state index contributed by atoms with van der Waals surface area (Å²) >= 11 is 0. The van der Waals surface area contributed by atoms with E-state index in [-0.39, 0.29) is 10.8 Å². The summed E-state index contributed by atoms with van der Waals surface area (Å²) in [6.45, 7) is 4.55. The van der Waals surface area contributed by atoms with Crippen LogP contribution >= 0.6 is 0 Å². The lowest BCUT2D eigenvalue weighted by atomic mass is 9.87. The number of alkyl halides is 3. The Balaban J connectivity index is 1.11. The molecule has 2 aliphatic rings. The number of nitrogens with zero attached hydrogens (tertiary/aromatic N) is 4. The first-order chi connectivity index (χ1) is 18.6. The lowest BCUT2D eigenvalue weighted by Gasteiger charge is -2.34. The van der Waals surface area contributed by atoms with Crippen molar-refractivity contribution in [2.24, 2.45) is 5.92 Å². The molecule has 39 heavy (non-hydrogen) atoms. The first-order valence-corrected chi connectivity index (χ1v) is 12.7. The van der Waals surface area contributed by atoms with Gasteiger partial charge in [0.15, 0.2) is 5.60 Å². The smallest absolute Gasteiger partial charge is 0.489 e. The largest absolute Gasteiger partial charge is 0.573 e. The molecular weight excluding hydrogens is 517 g/mol. The zero-order valence-corrected chi connectivity index (χ0v) is 21.3. The van der Waals surface area contributed by atoms with E-state index in [0.29, 0.717) is 31.1 Å². The van der Waals surface area contributed by atoms with Gasteiger partial charge >= 0.3 is 6.36 Å². The van der Waals surface area contributed by atoms with E-state index in [0.717, 1.165) is 49.5 Å². The summed E-state index contributed by atoms with van der Waals surface area (Å²) in [5.41, 5.74) is 0.939. The van der Waals surface area contributed by atoms with Crippen molar-refractivity contribution < 1.29 is 32.3 Å². The van der Waals surface area contributed by atoms with Gasteiger partial charge in [-0.1, -0.05) is 0 Å². The fourth-order valence-electron chi connectivity index (χ4n) is 5.18. The molecule has 0 saturated carbocycles. The summed E-state index contributed by atoms with van der Waals surface area (Å²) in [4.78, 5) is 17.8. The monoisotopic (exact) mass is 546 g/mol. The van der Waals surface area contributed by atoms with Crippen LogP contribution in [0.5, 0.6) is 17.5 Å². The highest BCUT2D eigenvalue weighted by Crippen LogP contribution is 2.34. The average molecular weight is 547 g/mol. The molecular formula is C27H29F3N4O5. The number of ether oxygens (including phenoxy) is 3. The molecule has 3 aromatic rings. The SMILES string of the molecule is CC1(COc2ccc(N3CCC(CC(c4ccc(OC(F)(F)F)cc4)[N+](=O)[O-])CC3)cc2)Cn2ccnc2O1. The van der Waals surface area contributed by atoms with E-state index < -0.39 is 23.8 Å². The van der Waals surface area contributed by atoms with Gasteiger partial charge < -0.3 is 19.1 Å². The molecule has 2 aliphatic heterocycles. The Morgan fingerprint density at radius 1 is 1.13 bits per heavy atom. The summed E-state index contributed by atoms with van der Waals surface area (Å²) in [6, 6.07) is 12.4. The molecule has 0 radical (unpaired) electrons. The maximum absolute atomic E-state index is 12.4. The molecule has 0 N–H and O–H groups in total. The molecule has 1 fully saturated rings. The zero-order chi connectivity index (χ0) is 27.6. The number of benzene rings is 2. The van der Waals surface area contributed by atoms with Crippen LogP contribution in [0.3, 0.4) is 0 Å². The standard InChI is InChI=1S/C27H29F3N4O5/c1-26(17-33-15-12-31-25(33)39-26)18-37-22-8-4-21(5-9-22)32-13-10-19(11-14-32)16-24(34(35)36)20-2-6-23(7-3-20)38-27(28,29)30/h2-9,12,15,19,24H,10-11,13-14,16-18H2,1H3. The van der Waals surface area contributed by atoms with Crippen molar-refractivity contribution >= 4 is 5.69 Å². The van der Waals surface area contributed by atoms with Crippen LogP contribution in [0.15, 0.2) is 60.9 Å². The van der Waals surface area contributed by atoms with Crippen molar-refractivity contribution in [2.45, 2.75) is 50.7 Å². The number of nitro groups is 1. The molecule has 5 rings (SSSR count). The Hall–Kier alpha value is -3.96. The van der Waals surface area contributed by atoms with Crippen LogP contribution in [0.4, 0.5) is 18.9 Å². The number of halogens is 3. The minimum atomic E-state index is -4.81. The van der Waals surface area contributed by atoms with Gasteiger partial charge in [-0.2, -0.15) is 0 Å². The van der Waals surface area contributed by atoms with Gasteiger partial charge in [0, 0.05) is 48.1 Å². The highest BCUT2D eigenvalue weighted by molar-refractivity contribution is 5.49. The van der Waals surface area contributed by atoms with Crippen molar-refractivity contribution in [3.63, 3.8) is 0 Å². The molecule has 208 valence electrons. The van der Waals surface area contributed by atoms with Crippen LogP contribution in [-0.2, 0) is 6.54 Å². The molecule has 2 aromatic carbocycles. The molecule has 0 spiro atoms. The third-order valence-electron chi connectivity index (χ3n) is 7.19. The first kappa shape index (κ1) is 26.6. The Morgan fingerprint density at radius 3 is 2.41 bits per heavy atom. The molecule has 0 aliphatic carbocycles. The minimum Gasteiger partial charge on any atom is -0.489 e. The van der Waals surface area contributed by atoms with E-state index in [1.807, 2.05) is 42.0 Å². The number of imidazole rings is 1. The average Bonchev–Trinajstić information content (AvgIpc) is 3.45. The second-order valence-corrected chi connectivity index (χ2v) is 10.3. The number of anilines is 1. The summed E-state index contributed by atoms with van der Waals surface area (Å²) in [7, 11) is 0. The van der Waals surface area contributed by atoms with E-state index in [2.05, 4.69) is 14.6 Å². The molecule has 1 saturated heterocycles. The number of fused-ring (bicyclic) bond motifs is 1. The van der Waals surface area contributed by atoms with Gasteiger partial charge in [0.2, 0.25) is 6.04 Å². The fourth-order valence-corrected chi connectivity index (χ4v) is 5.18. The number of hydrogen-bond acceptors (Lipinski definition) is 7. The van der Waals surface area contributed by atoms with E-state index in [1.165, 1.54) is 12.1 Å². The lowest BCUT2D eigenvalue weighted by molar-refractivity contribution is -0.531. The second kappa shape index (κ2) is 10.7. The van der Waals surface area contributed by atoms with Crippen molar-refractivity contribution in [1.82, 2.24) is 9.55 Å². The Bertz CT molecular complexity index is 1250. The van der Waals surface area contributed by atoms with Crippen LogP contribution in [0, 0.1) is 16.0 Å². The molecule has 2 atom stereocenters. The molecule has 0 bridgehead atoms. The van der Waals surface area contributed by atoms with Gasteiger partial charge in [-0.3, -0.25) is 14.7 Å². The molecule has 3 heterocycles. The maximum atomic E-state index is 12.4. The first-order valence-electron chi connectivity index (χ1n) is 12.7. The number of rotatable bonds is 9.